The van der Waals surface area contributed by atoms with Crippen LogP contribution < -0.4 is 5.32 Å². The van der Waals surface area contributed by atoms with Crippen LogP contribution >= 0.6 is 0 Å². The molecule has 0 aliphatic heterocycles. The van der Waals surface area contributed by atoms with Crippen LogP contribution in [0.3, 0.4) is 0 Å². The second-order valence-corrected chi connectivity index (χ2v) is 4.01. The standard InChI is InChI=1S/C13H11N3O4/c17-13(18)10-3-1-9(2-4-10)8-15-12-7-11(16(19)20)5-6-14-12/h1-7H,8H2,(H,14,15)(H,17,18). The maximum atomic E-state index is 10.7. The number of carboxylic acids is 1. The number of benzene rings is 1. The lowest BCUT2D eigenvalue weighted by molar-refractivity contribution is -0.384. The highest BCUT2D eigenvalue weighted by Crippen LogP contribution is 2.15. The van der Waals surface area contributed by atoms with E-state index in [9.17, 15) is 14.9 Å². The molecule has 1 heterocycles. The summed E-state index contributed by atoms with van der Waals surface area (Å²) in [5, 5.41) is 22.3. The van der Waals surface area contributed by atoms with Crippen molar-refractivity contribution in [1.82, 2.24) is 4.98 Å². The lowest BCUT2D eigenvalue weighted by atomic mass is 10.1. The fraction of sp³-hybridized carbons (Fsp3) is 0.0769. The normalized spacial score (nSPS) is 10.0. The average molecular weight is 273 g/mol. The summed E-state index contributed by atoms with van der Waals surface area (Å²) in [5.41, 5.74) is 1.02. The van der Waals surface area contributed by atoms with Crippen LogP contribution in [0.4, 0.5) is 11.5 Å². The molecule has 1 aromatic carbocycles. The van der Waals surface area contributed by atoms with Gasteiger partial charge in [0.25, 0.3) is 5.69 Å². The molecule has 0 atom stereocenters. The van der Waals surface area contributed by atoms with Gasteiger partial charge in [0.2, 0.25) is 0 Å². The van der Waals surface area contributed by atoms with Gasteiger partial charge in [0.05, 0.1) is 16.6 Å². The number of hydrogen-bond donors (Lipinski definition) is 2. The Morgan fingerprint density at radius 3 is 2.60 bits per heavy atom. The summed E-state index contributed by atoms with van der Waals surface area (Å²) in [4.78, 5) is 24.8. The van der Waals surface area contributed by atoms with E-state index in [1.54, 1.807) is 12.1 Å². The van der Waals surface area contributed by atoms with Gasteiger partial charge in [-0.15, -0.1) is 0 Å². The van der Waals surface area contributed by atoms with E-state index in [2.05, 4.69) is 10.3 Å². The summed E-state index contributed by atoms with van der Waals surface area (Å²) < 4.78 is 0. The molecule has 1 aromatic heterocycles. The smallest absolute Gasteiger partial charge is 0.335 e. The number of nitro groups is 1. The van der Waals surface area contributed by atoms with E-state index < -0.39 is 10.9 Å². The van der Waals surface area contributed by atoms with Crippen molar-refractivity contribution in [1.29, 1.82) is 0 Å². The van der Waals surface area contributed by atoms with Gasteiger partial charge in [-0.1, -0.05) is 12.1 Å². The number of nitrogens with zero attached hydrogens (tertiary/aromatic N) is 2. The molecular weight excluding hydrogens is 262 g/mol. The third kappa shape index (κ3) is 3.29. The number of nitrogens with one attached hydrogen (secondary N) is 1. The third-order valence-electron chi connectivity index (χ3n) is 2.63. The lowest BCUT2D eigenvalue weighted by Crippen LogP contribution is -2.03. The molecule has 102 valence electrons. The minimum atomic E-state index is -0.982. The molecule has 0 unspecified atom stereocenters. The minimum absolute atomic E-state index is 0.0382. The van der Waals surface area contributed by atoms with Crippen molar-refractivity contribution in [2.75, 3.05) is 5.32 Å². The van der Waals surface area contributed by atoms with Gasteiger partial charge in [-0.25, -0.2) is 9.78 Å². The number of carboxylic acid groups (broad SMARTS) is 1. The highest BCUT2D eigenvalue weighted by Gasteiger charge is 2.06. The molecule has 0 saturated carbocycles. The fourth-order valence-electron chi connectivity index (χ4n) is 1.59. The number of aromatic nitrogens is 1. The first-order valence-corrected chi connectivity index (χ1v) is 5.73. The Morgan fingerprint density at radius 1 is 1.30 bits per heavy atom. The molecular formula is C13H11N3O4. The Hall–Kier alpha value is -2.96. The van der Waals surface area contributed by atoms with E-state index in [-0.39, 0.29) is 11.3 Å². The number of hydrogen-bond acceptors (Lipinski definition) is 5. The number of aromatic carboxylic acids is 1. The largest absolute Gasteiger partial charge is 0.478 e. The molecule has 0 bridgehead atoms. The van der Waals surface area contributed by atoms with Gasteiger partial charge in [-0.3, -0.25) is 10.1 Å². The first-order chi connectivity index (χ1) is 9.56. The second kappa shape index (κ2) is 5.79. The molecule has 7 nitrogen and oxygen atoms in total. The minimum Gasteiger partial charge on any atom is -0.478 e. The average Bonchev–Trinajstić information content (AvgIpc) is 2.46. The molecule has 0 aliphatic carbocycles. The highest BCUT2D eigenvalue weighted by atomic mass is 16.6. The second-order valence-electron chi connectivity index (χ2n) is 4.01. The van der Waals surface area contributed by atoms with Crippen LogP contribution in [0.2, 0.25) is 0 Å². The highest BCUT2D eigenvalue weighted by molar-refractivity contribution is 5.87. The third-order valence-corrected chi connectivity index (χ3v) is 2.63. The predicted octanol–water partition coefficient (Wildman–Crippen LogP) is 2.30. The van der Waals surface area contributed by atoms with Gasteiger partial charge in [-0.05, 0) is 17.7 Å². The first-order valence-electron chi connectivity index (χ1n) is 5.73. The Kier molecular flexibility index (Phi) is 3.90. The van der Waals surface area contributed by atoms with Gasteiger partial charge < -0.3 is 10.4 Å². The van der Waals surface area contributed by atoms with Gasteiger partial charge in [0.15, 0.2) is 0 Å². The van der Waals surface area contributed by atoms with E-state index in [0.717, 1.165) is 5.56 Å². The topological polar surface area (TPSA) is 105 Å². The molecule has 0 aliphatic rings. The van der Waals surface area contributed by atoms with Crippen LogP contribution in [-0.2, 0) is 6.54 Å². The van der Waals surface area contributed by atoms with E-state index >= 15 is 0 Å². The van der Waals surface area contributed by atoms with Crippen LogP contribution in [0, 0.1) is 10.1 Å². The number of carbonyl (C=O) groups is 1. The van der Waals surface area contributed by atoms with E-state index in [4.69, 9.17) is 5.11 Å². The van der Waals surface area contributed by atoms with Crippen LogP contribution in [0.1, 0.15) is 15.9 Å². The van der Waals surface area contributed by atoms with E-state index in [1.165, 1.54) is 30.5 Å². The zero-order valence-electron chi connectivity index (χ0n) is 10.3. The Bertz CT molecular complexity index is 640. The van der Waals surface area contributed by atoms with Crippen LogP contribution in [-0.4, -0.2) is 21.0 Å². The molecule has 7 heteroatoms. The molecule has 0 spiro atoms. The molecule has 0 amide bonds. The van der Waals surface area contributed by atoms with Gasteiger partial charge in [0, 0.05) is 18.8 Å². The van der Waals surface area contributed by atoms with E-state index in [0.29, 0.717) is 12.4 Å². The Labute approximate surface area is 114 Å². The molecule has 2 N–H and O–H groups in total. The molecule has 2 aromatic rings. The molecule has 0 saturated heterocycles. The summed E-state index contributed by atoms with van der Waals surface area (Å²) in [5.74, 6) is -0.591. The number of rotatable bonds is 5. The van der Waals surface area contributed by atoms with Crippen molar-refractivity contribution in [3.05, 3.63) is 63.8 Å². The number of anilines is 1. The SMILES string of the molecule is O=C(O)c1ccc(CNc2cc([N+](=O)[O-])ccn2)cc1. The monoisotopic (exact) mass is 273 g/mol. The summed E-state index contributed by atoms with van der Waals surface area (Å²) in [6.45, 7) is 0.397. The van der Waals surface area contributed by atoms with Gasteiger partial charge in [0.1, 0.15) is 5.82 Å². The Morgan fingerprint density at radius 2 is 2.00 bits per heavy atom. The molecule has 20 heavy (non-hydrogen) atoms. The van der Waals surface area contributed by atoms with Crippen molar-refractivity contribution in [2.45, 2.75) is 6.54 Å². The van der Waals surface area contributed by atoms with Crippen LogP contribution in [0.25, 0.3) is 0 Å². The zero-order valence-corrected chi connectivity index (χ0v) is 10.3. The molecule has 0 fully saturated rings. The van der Waals surface area contributed by atoms with Crippen LogP contribution in [0.15, 0.2) is 42.6 Å². The lowest BCUT2D eigenvalue weighted by Gasteiger charge is -2.05. The maximum Gasteiger partial charge on any atom is 0.335 e. The maximum absolute atomic E-state index is 10.7. The van der Waals surface area contributed by atoms with Crippen LogP contribution in [0.5, 0.6) is 0 Å². The van der Waals surface area contributed by atoms with Crippen molar-refractivity contribution in [2.24, 2.45) is 0 Å². The van der Waals surface area contributed by atoms with Crippen molar-refractivity contribution >= 4 is 17.5 Å². The predicted molar refractivity (Wildman–Crippen MR) is 71.6 cm³/mol. The van der Waals surface area contributed by atoms with Gasteiger partial charge >= 0.3 is 5.97 Å². The molecule has 0 radical (unpaired) electrons. The zero-order chi connectivity index (χ0) is 14.5. The van der Waals surface area contributed by atoms with E-state index in [1.807, 2.05) is 0 Å². The quantitative estimate of drug-likeness (QED) is 0.639. The summed E-state index contributed by atoms with van der Waals surface area (Å²) in [6.07, 6.45) is 1.36. The summed E-state index contributed by atoms with van der Waals surface area (Å²) >= 11 is 0. The van der Waals surface area contributed by atoms with Crippen molar-refractivity contribution < 1.29 is 14.8 Å². The fourth-order valence-corrected chi connectivity index (χ4v) is 1.59. The summed E-state index contributed by atoms with van der Waals surface area (Å²) in [6, 6.07) is 9.00. The molecule has 2 rings (SSSR count). The van der Waals surface area contributed by atoms with Gasteiger partial charge in [-0.2, -0.15) is 0 Å². The summed E-state index contributed by atoms with van der Waals surface area (Å²) in [7, 11) is 0. The Balaban J connectivity index is 2.03. The number of pyridine rings is 1. The van der Waals surface area contributed by atoms with Crippen molar-refractivity contribution in [3.8, 4) is 0 Å². The first kappa shape index (κ1) is 13.5. The van der Waals surface area contributed by atoms with Crippen molar-refractivity contribution in [3.63, 3.8) is 0 Å².